The van der Waals surface area contributed by atoms with Crippen LogP contribution in [0.1, 0.15) is 38.6 Å². The molecule has 0 fully saturated rings. The topological polar surface area (TPSA) is 17.8 Å². The summed E-state index contributed by atoms with van der Waals surface area (Å²) in [6, 6.07) is 0. The molecule has 0 atom stereocenters. The molecule has 74 valence electrons. The van der Waals surface area contributed by atoms with Crippen LogP contribution in [-0.2, 0) is 5.54 Å². The van der Waals surface area contributed by atoms with E-state index in [0.29, 0.717) is 11.4 Å². The van der Waals surface area contributed by atoms with E-state index in [1.807, 2.05) is 0 Å². The Balaban J connectivity index is 3.23. The van der Waals surface area contributed by atoms with Gasteiger partial charge in [-0.2, -0.15) is 5.10 Å². The van der Waals surface area contributed by atoms with Gasteiger partial charge in [-0.15, -0.1) is 0 Å². The van der Waals surface area contributed by atoms with Crippen molar-refractivity contribution in [3.8, 4) is 0 Å². The van der Waals surface area contributed by atoms with Gasteiger partial charge in [-0.3, -0.25) is 4.68 Å². The van der Waals surface area contributed by atoms with Crippen molar-refractivity contribution in [2.45, 2.75) is 46.6 Å². The van der Waals surface area contributed by atoms with Crippen molar-refractivity contribution in [3.63, 3.8) is 0 Å². The summed E-state index contributed by atoms with van der Waals surface area (Å²) in [7, 11) is 0. The summed E-state index contributed by atoms with van der Waals surface area (Å²) in [6.07, 6.45) is 0.939. The van der Waals surface area contributed by atoms with Crippen molar-refractivity contribution in [2.75, 3.05) is 0 Å². The maximum atomic E-state index is 13.3. The monoisotopic (exact) mass is 184 g/mol. The van der Waals surface area contributed by atoms with Gasteiger partial charge < -0.3 is 0 Å². The van der Waals surface area contributed by atoms with E-state index in [-0.39, 0.29) is 11.4 Å². The average molecular weight is 184 g/mol. The quantitative estimate of drug-likeness (QED) is 0.691. The van der Waals surface area contributed by atoms with Gasteiger partial charge in [0, 0.05) is 0 Å². The lowest BCUT2D eigenvalue weighted by Gasteiger charge is -2.24. The lowest BCUT2D eigenvalue weighted by Crippen LogP contribution is -2.27. The van der Waals surface area contributed by atoms with E-state index in [2.05, 4.69) is 25.9 Å². The van der Waals surface area contributed by atoms with E-state index in [9.17, 15) is 4.39 Å². The first-order valence-electron chi connectivity index (χ1n) is 4.62. The van der Waals surface area contributed by atoms with Crippen molar-refractivity contribution >= 4 is 0 Å². The number of nitrogens with zero attached hydrogens (tertiary/aromatic N) is 2. The van der Waals surface area contributed by atoms with E-state index >= 15 is 0 Å². The van der Waals surface area contributed by atoms with Crippen molar-refractivity contribution in [1.82, 2.24) is 9.78 Å². The normalized spacial score (nSPS) is 12.2. The van der Waals surface area contributed by atoms with Gasteiger partial charge in [-0.1, -0.05) is 6.92 Å². The van der Waals surface area contributed by atoms with Crippen LogP contribution in [0.2, 0.25) is 0 Å². The molecule has 0 bridgehead atoms. The summed E-state index contributed by atoms with van der Waals surface area (Å²) in [5.41, 5.74) is 1.02. The van der Waals surface area contributed by atoms with Crippen LogP contribution in [0.5, 0.6) is 0 Å². The second kappa shape index (κ2) is 3.13. The SMILES string of the molecule is CCC(C)(C)n1nc(C)c(F)c1C. The Hall–Kier alpha value is -0.860. The molecular formula is C10H17FN2. The molecule has 2 nitrogen and oxygen atoms in total. The molecular weight excluding hydrogens is 167 g/mol. The van der Waals surface area contributed by atoms with Gasteiger partial charge in [0.25, 0.3) is 0 Å². The second-order valence-electron chi connectivity index (χ2n) is 4.06. The highest BCUT2D eigenvalue weighted by Crippen LogP contribution is 2.23. The Kier molecular flexibility index (Phi) is 2.46. The molecule has 0 N–H and O–H groups in total. The highest BCUT2D eigenvalue weighted by molar-refractivity contribution is 5.12. The first-order valence-corrected chi connectivity index (χ1v) is 4.62. The van der Waals surface area contributed by atoms with Crippen LogP contribution < -0.4 is 0 Å². The van der Waals surface area contributed by atoms with E-state index in [4.69, 9.17) is 0 Å². The summed E-state index contributed by atoms with van der Waals surface area (Å²) >= 11 is 0. The Morgan fingerprint density at radius 3 is 2.23 bits per heavy atom. The third-order valence-electron chi connectivity index (χ3n) is 2.64. The van der Waals surface area contributed by atoms with E-state index in [1.165, 1.54) is 0 Å². The molecule has 0 saturated heterocycles. The maximum absolute atomic E-state index is 13.3. The van der Waals surface area contributed by atoms with Gasteiger partial charge in [0.15, 0.2) is 5.82 Å². The molecule has 0 saturated carbocycles. The summed E-state index contributed by atoms with van der Waals surface area (Å²) in [5.74, 6) is -0.179. The van der Waals surface area contributed by atoms with Gasteiger partial charge >= 0.3 is 0 Å². The Bertz CT molecular complexity index is 313. The average Bonchev–Trinajstić information content (AvgIpc) is 2.33. The van der Waals surface area contributed by atoms with Crippen LogP contribution in [0.3, 0.4) is 0 Å². The largest absolute Gasteiger partial charge is 0.261 e. The zero-order valence-corrected chi connectivity index (χ0v) is 8.98. The molecule has 0 aliphatic carbocycles. The van der Waals surface area contributed by atoms with Crippen LogP contribution in [-0.4, -0.2) is 9.78 Å². The lowest BCUT2D eigenvalue weighted by atomic mass is 10.0. The van der Waals surface area contributed by atoms with Crippen LogP contribution in [0.4, 0.5) is 4.39 Å². The number of hydrogen-bond acceptors (Lipinski definition) is 1. The standard InChI is InChI=1S/C10H17FN2/c1-6-10(4,5)13-8(3)9(11)7(2)12-13/h6H2,1-5H3. The molecule has 1 aromatic heterocycles. The van der Waals surface area contributed by atoms with Crippen LogP contribution >= 0.6 is 0 Å². The number of aromatic nitrogens is 2. The third-order valence-corrected chi connectivity index (χ3v) is 2.64. The molecule has 13 heavy (non-hydrogen) atoms. The fraction of sp³-hybridized carbons (Fsp3) is 0.700. The Labute approximate surface area is 78.8 Å². The first kappa shape index (κ1) is 10.2. The zero-order valence-electron chi connectivity index (χ0n) is 8.98. The highest BCUT2D eigenvalue weighted by Gasteiger charge is 2.23. The molecule has 0 aliphatic rings. The second-order valence-corrected chi connectivity index (χ2v) is 4.06. The van der Waals surface area contributed by atoms with Crippen molar-refractivity contribution in [3.05, 3.63) is 17.2 Å². The fourth-order valence-corrected chi connectivity index (χ4v) is 1.36. The first-order chi connectivity index (χ1) is 5.90. The minimum Gasteiger partial charge on any atom is -0.261 e. The number of halogens is 1. The molecule has 3 heteroatoms. The third kappa shape index (κ3) is 1.60. The smallest absolute Gasteiger partial charge is 0.166 e. The van der Waals surface area contributed by atoms with E-state index in [0.717, 1.165) is 6.42 Å². The predicted molar refractivity (Wildman–Crippen MR) is 51.3 cm³/mol. The van der Waals surface area contributed by atoms with Gasteiger partial charge in [0.2, 0.25) is 0 Å². The highest BCUT2D eigenvalue weighted by atomic mass is 19.1. The number of rotatable bonds is 2. The summed E-state index contributed by atoms with van der Waals surface area (Å²) in [6.45, 7) is 9.67. The number of hydrogen-bond donors (Lipinski definition) is 0. The van der Waals surface area contributed by atoms with Crippen molar-refractivity contribution in [1.29, 1.82) is 0 Å². The van der Waals surface area contributed by atoms with Gasteiger partial charge in [0.05, 0.1) is 16.9 Å². The van der Waals surface area contributed by atoms with Crippen molar-refractivity contribution < 1.29 is 4.39 Å². The maximum Gasteiger partial charge on any atom is 0.166 e. The molecule has 1 aromatic rings. The minimum atomic E-state index is -0.179. The van der Waals surface area contributed by atoms with Gasteiger partial charge in [-0.05, 0) is 34.1 Å². The molecule has 1 rings (SSSR count). The Morgan fingerprint density at radius 1 is 1.38 bits per heavy atom. The molecule has 0 radical (unpaired) electrons. The molecule has 0 unspecified atom stereocenters. The minimum absolute atomic E-state index is 0.0980. The summed E-state index contributed by atoms with van der Waals surface area (Å²) in [4.78, 5) is 0. The van der Waals surface area contributed by atoms with Crippen molar-refractivity contribution in [2.24, 2.45) is 0 Å². The fourth-order valence-electron chi connectivity index (χ4n) is 1.36. The van der Waals surface area contributed by atoms with Crippen LogP contribution in [0.25, 0.3) is 0 Å². The lowest BCUT2D eigenvalue weighted by molar-refractivity contribution is 0.299. The molecule has 0 aliphatic heterocycles. The van der Waals surface area contributed by atoms with Gasteiger partial charge in [0.1, 0.15) is 0 Å². The van der Waals surface area contributed by atoms with Gasteiger partial charge in [-0.25, -0.2) is 4.39 Å². The van der Waals surface area contributed by atoms with E-state index < -0.39 is 0 Å². The van der Waals surface area contributed by atoms with Crippen LogP contribution in [0, 0.1) is 19.7 Å². The summed E-state index contributed by atoms with van der Waals surface area (Å²) < 4.78 is 15.1. The van der Waals surface area contributed by atoms with Crippen LogP contribution in [0.15, 0.2) is 0 Å². The molecule has 0 spiro atoms. The number of aryl methyl sites for hydroxylation is 1. The molecule has 0 amide bonds. The predicted octanol–water partition coefficient (Wildman–Crippen LogP) is 2.78. The molecule has 1 heterocycles. The summed E-state index contributed by atoms with van der Waals surface area (Å²) in [5, 5.41) is 4.19. The molecule has 0 aromatic carbocycles. The van der Waals surface area contributed by atoms with E-state index in [1.54, 1.807) is 18.5 Å². The zero-order chi connectivity index (χ0) is 10.2. The Morgan fingerprint density at radius 2 is 1.92 bits per heavy atom.